The minimum Gasteiger partial charge on any atom is -0.348 e. The maximum Gasteiger partial charge on any atom is 0.297 e. The summed E-state index contributed by atoms with van der Waals surface area (Å²) >= 11 is 7.57. The summed E-state index contributed by atoms with van der Waals surface area (Å²) in [4.78, 5) is 17.8. The molecule has 3 heterocycles. The lowest BCUT2D eigenvalue weighted by Crippen LogP contribution is -2.26. The molecule has 0 spiro atoms. The zero-order chi connectivity index (χ0) is 26.1. The van der Waals surface area contributed by atoms with Crippen molar-refractivity contribution in [2.75, 3.05) is 5.75 Å². The van der Waals surface area contributed by atoms with E-state index in [0.717, 1.165) is 40.6 Å². The van der Waals surface area contributed by atoms with Crippen LogP contribution in [-0.4, -0.2) is 30.6 Å². The van der Waals surface area contributed by atoms with Gasteiger partial charge in [-0.3, -0.25) is 14.9 Å². The summed E-state index contributed by atoms with van der Waals surface area (Å²) in [6, 6.07) is 19.8. The molecule has 4 aromatic rings. The molecule has 0 amide bonds. The molecule has 37 heavy (non-hydrogen) atoms. The number of aliphatic imine (C=N–C) groups is 1. The number of hydrazone groups is 1. The first kappa shape index (κ1) is 25.2. The molecule has 7 nitrogen and oxygen atoms in total. The first-order valence-electron chi connectivity index (χ1n) is 12.1. The topological polar surface area (TPSA) is 68.6 Å². The van der Waals surface area contributed by atoms with Gasteiger partial charge < -0.3 is 4.57 Å². The number of aromatic nitrogens is 3. The zero-order valence-corrected chi connectivity index (χ0v) is 22.9. The van der Waals surface area contributed by atoms with Crippen LogP contribution in [0.5, 0.6) is 0 Å². The molecule has 1 aliphatic heterocycles. The smallest absolute Gasteiger partial charge is 0.297 e. The second kappa shape index (κ2) is 10.5. The van der Waals surface area contributed by atoms with E-state index >= 15 is 0 Å². The van der Waals surface area contributed by atoms with Gasteiger partial charge in [0.05, 0.1) is 17.1 Å². The van der Waals surface area contributed by atoms with Gasteiger partial charge in [0.15, 0.2) is 10.9 Å². The Hall–Kier alpha value is -3.49. The number of aryl methyl sites for hydroxylation is 2. The average molecular weight is 533 g/mol. The van der Waals surface area contributed by atoms with Crippen LogP contribution >= 0.6 is 23.4 Å². The SMILES string of the molecule is Cc1cc(C2=NNC(=Nc3c(C)n(C)n(-c4ccccc4)c3=O)SC2)c(C)n1CCc1ccc(Cl)cc1. The molecule has 9 heteroatoms. The fourth-order valence-corrected chi connectivity index (χ4v) is 5.51. The first-order valence-corrected chi connectivity index (χ1v) is 13.5. The van der Waals surface area contributed by atoms with Gasteiger partial charge in [-0.05, 0) is 63.1 Å². The number of benzene rings is 2. The van der Waals surface area contributed by atoms with E-state index in [1.165, 1.54) is 17.0 Å². The van der Waals surface area contributed by atoms with Crippen LogP contribution in [-0.2, 0) is 20.0 Å². The van der Waals surface area contributed by atoms with Crippen molar-refractivity contribution in [1.82, 2.24) is 19.4 Å². The van der Waals surface area contributed by atoms with Crippen molar-refractivity contribution in [2.45, 2.75) is 33.7 Å². The quantitative estimate of drug-likeness (QED) is 0.355. The van der Waals surface area contributed by atoms with Crippen LogP contribution in [0, 0.1) is 20.8 Å². The third-order valence-electron chi connectivity index (χ3n) is 6.79. The van der Waals surface area contributed by atoms with Crippen molar-refractivity contribution in [2.24, 2.45) is 17.1 Å². The standard InChI is InChI=1S/C28H29ClN6OS/c1-18-16-24(19(2)34(18)15-14-21-10-12-22(29)13-11-21)25-17-37-28(32-31-25)30-26-20(3)33(4)35(27(26)36)23-8-6-5-7-9-23/h5-13,16H,14-15,17H2,1-4H3,(H,30,32). The van der Waals surface area contributed by atoms with Gasteiger partial charge in [-0.25, -0.2) is 9.67 Å². The number of rotatable bonds is 6. The van der Waals surface area contributed by atoms with Crippen molar-refractivity contribution < 1.29 is 0 Å². The van der Waals surface area contributed by atoms with E-state index in [-0.39, 0.29) is 5.56 Å². The molecule has 0 saturated carbocycles. The van der Waals surface area contributed by atoms with E-state index in [1.54, 1.807) is 16.4 Å². The Balaban J connectivity index is 1.35. The van der Waals surface area contributed by atoms with Gasteiger partial charge in [-0.1, -0.05) is 53.7 Å². The third-order valence-corrected chi connectivity index (χ3v) is 7.92. The molecule has 2 aromatic heterocycles. The van der Waals surface area contributed by atoms with Crippen molar-refractivity contribution >= 4 is 39.9 Å². The Labute approximate surface area is 225 Å². The van der Waals surface area contributed by atoms with Gasteiger partial charge in [-0.2, -0.15) is 5.10 Å². The van der Waals surface area contributed by atoms with E-state index in [1.807, 2.05) is 61.1 Å². The van der Waals surface area contributed by atoms with Gasteiger partial charge in [0, 0.05) is 41.3 Å². The largest absolute Gasteiger partial charge is 0.348 e. The van der Waals surface area contributed by atoms with Crippen molar-refractivity contribution in [1.29, 1.82) is 0 Å². The van der Waals surface area contributed by atoms with Crippen LogP contribution in [0.25, 0.3) is 5.69 Å². The summed E-state index contributed by atoms with van der Waals surface area (Å²) < 4.78 is 5.80. The lowest BCUT2D eigenvalue weighted by Gasteiger charge is -2.15. The first-order chi connectivity index (χ1) is 17.8. The van der Waals surface area contributed by atoms with Gasteiger partial charge in [-0.15, -0.1) is 0 Å². The summed E-state index contributed by atoms with van der Waals surface area (Å²) in [6.45, 7) is 7.06. The van der Waals surface area contributed by atoms with Gasteiger partial charge in [0.1, 0.15) is 0 Å². The second-order valence-electron chi connectivity index (χ2n) is 9.10. The summed E-state index contributed by atoms with van der Waals surface area (Å²) in [5.74, 6) is 0.673. The second-order valence-corrected chi connectivity index (χ2v) is 10.5. The fraction of sp³-hybridized carbons (Fsp3) is 0.250. The molecular formula is C28H29ClN6OS. The molecule has 1 aliphatic rings. The van der Waals surface area contributed by atoms with Crippen LogP contribution < -0.4 is 11.0 Å². The normalized spacial score (nSPS) is 14.6. The molecule has 1 N–H and O–H groups in total. The number of halogens is 1. The Bertz CT molecular complexity index is 1560. The number of nitrogens with one attached hydrogen (secondary N) is 1. The number of nitrogens with zero attached hydrogens (tertiary/aromatic N) is 5. The van der Waals surface area contributed by atoms with E-state index in [2.05, 4.69) is 52.1 Å². The molecule has 2 aromatic carbocycles. The number of para-hydroxylation sites is 1. The summed E-state index contributed by atoms with van der Waals surface area (Å²) in [7, 11) is 1.87. The molecule has 0 radical (unpaired) electrons. The van der Waals surface area contributed by atoms with Crippen molar-refractivity contribution in [3.63, 3.8) is 0 Å². The number of hydrogen-bond donors (Lipinski definition) is 1. The lowest BCUT2D eigenvalue weighted by molar-refractivity contribution is 0.630. The van der Waals surface area contributed by atoms with Gasteiger partial charge >= 0.3 is 0 Å². The molecule has 0 saturated heterocycles. The predicted molar refractivity (Wildman–Crippen MR) is 154 cm³/mol. The van der Waals surface area contributed by atoms with E-state index in [0.29, 0.717) is 16.6 Å². The van der Waals surface area contributed by atoms with Crippen LogP contribution in [0.3, 0.4) is 0 Å². The van der Waals surface area contributed by atoms with E-state index < -0.39 is 0 Å². The van der Waals surface area contributed by atoms with Crippen LogP contribution in [0.15, 0.2) is 75.6 Å². The molecule has 0 fully saturated rings. The van der Waals surface area contributed by atoms with Crippen LogP contribution in [0.2, 0.25) is 5.02 Å². The summed E-state index contributed by atoms with van der Waals surface area (Å²) in [5.41, 5.74) is 10.7. The van der Waals surface area contributed by atoms with Crippen LogP contribution in [0.1, 0.15) is 28.2 Å². The van der Waals surface area contributed by atoms with Crippen LogP contribution in [0.4, 0.5) is 5.69 Å². The predicted octanol–water partition coefficient (Wildman–Crippen LogP) is 5.53. The fourth-order valence-electron chi connectivity index (χ4n) is 4.63. The molecule has 0 unspecified atom stereocenters. The van der Waals surface area contributed by atoms with E-state index in [9.17, 15) is 4.79 Å². The molecule has 0 atom stereocenters. The Morgan fingerprint density at radius 2 is 1.78 bits per heavy atom. The maximum atomic E-state index is 13.2. The highest BCUT2D eigenvalue weighted by atomic mass is 35.5. The Morgan fingerprint density at radius 3 is 2.46 bits per heavy atom. The van der Waals surface area contributed by atoms with Gasteiger partial charge in [0.25, 0.3) is 5.56 Å². The Kier molecular flexibility index (Phi) is 7.13. The Morgan fingerprint density at radius 1 is 1.05 bits per heavy atom. The molecular weight excluding hydrogens is 504 g/mol. The highest BCUT2D eigenvalue weighted by molar-refractivity contribution is 8.14. The summed E-state index contributed by atoms with van der Waals surface area (Å²) in [6.07, 6.45) is 0.931. The molecule has 190 valence electrons. The number of amidine groups is 1. The third kappa shape index (κ3) is 5.04. The highest BCUT2D eigenvalue weighted by Gasteiger charge is 2.21. The minimum absolute atomic E-state index is 0.153. The van der Waals surface area contributed by atoms with Gasteiger partial charge in [0.2, 0.25) is 0 Å². The minimum atomic E-state index is -0.153. The molecule has 5 rings (SSSR count). The van der Waals surface area contributed by atoms with Crippen molar-refractivity contribution in [3.8, 4) is 5.69 Å². The zero-order valence-electron chi connectivity index (χ0n) is 21.3. The average Bonchev–Trinajstić information content (AvgIpc) is 3.31. The number of hydrogen-bond acceptors (Lipinski definition) is 4. The lowest BCUT2D eigenvalue weighted by atomic mass is 10.1. The highest BCUT2D eigenvalue weighted by Crippen LogP contribution is 2.24. The summed E-state index contributed by atoms with van der Waals surface area (Å²) in [5, 5.41) is 6.01. The monoisotopic (exact) mass is 532 g/mol. The van der Waals surface area contributed by atoms with Crippen molar-refractivity contribution in [3.05, 3.63) is 104 Å². The molecule has 0 bridgehead atoms. The molecule has 0 aliphatic carbocycles. The number of thioether (sulfide) groups is 1. The van der Waals surface area contributed by atoms with E-state index in [4.69, 9.17) is 11.6 Å². The maximum absolute atomic E-state index is 13.2.